The molecule has 3 rings (SSSR count). The first-order valence-electron chi connectivity index (χ1n) is 6.88. The Kier molecular flexibility index (Phi) is 3.98. The van der Waals surface area contributed by atoms with Gasteiger partial charge in [0.05, 0.1) is 12.3 Å². The molecule has 0 fully saturated rings. The van der Waals surface area contributed by atoms with Crippen molar-refractivity contribution in [2.45, 2.75) is 6.92 Å². The second-order valence-electron chi connectivity index (χ2n) is 4.70. The molecule has 2 N–H and O–H groups in total. The number of aromatic nitrogens is 1. The molecule has 0 aliphatic rings. The standard InChI is InChI=1S/C17H15NO3S/c1-2-21-13-5-3-4-11(8-13)17-18-15(10-22-17)14-7-6-12(19)9-16(14)20/h3-10,19-20H,2H2,1H3. The second kappa shape index (κ2) is 6.07. The van der Waals surface area contributed by atoms with Gasteiger partial charge in [-0.25, -0.2) is 4.98 Å². The van der Waals surface area contributed by atoms with Crippen LogP contribution >= 0.6 is 11.3 Å². The third-order valence-electron chi connectivity index (χ3n) is 3.15. The van der Waals surface area contributed by atoms with Crippen LogP contribution in [0.1, 0.15) is 6.92 Å². The van der Waals surface area contributed by atoms with Crippen LogP contribution < -0.4 is 4.74 Å². The Morgan fingerprint density at radius 3 is 2.77 bits per heavy atom. The van der Waals surface area contributed by atoms with Gasteiger partial charge in [-0.15, -0.1) is 11.3 Å². The molecule has 5 heteroatoms. The Morgan fingerprint density at radius 1 is 1.14 bits per heavy atom. The van der Waals surface area contributed by atoms with Gasteiger partial charge in [0.25, 0.3) is 0 Å². The number of aromatic hydroxyl groups is 2. The van der Waals surface area contributed by atoms with Crippen LogP contribution in [-0.4, -0.2) is 21.8 Å². The van der Waals surface area contributed by atoms with Gasteiger partial charge in [0.15, 0.2) is 0 Å². The van der Waals surface area contributed by atoms with Crippen LogP contribution in [0.5, 0.6) is 17.2 Å². The number of thiazole rings is 1. The average molecular weight is 313 g/mol. The number of benzene rings is 2. The van der Waals surface area contributed by atoms with Crippen molar-refractivity contribution in [1.82, 2.24) is 4.98 Å². The number of hydrogen-bond acceptors (Lipinski definition) is 5. The van der Waals surface area contributed by atoms with E-state index >= 15 is 0 Å². The molecule has 3 aromatic rings. The summed E-state index contributed by atoms with van der Waals surface area (Å²) in [6.07, 6.45) is 0. The maximum atomic E-state index is 9.92. The minimum absolute atomic E-state index is 0.0138. The van der Waals surface area contributed by atoms with Gasteiger partial charge in [-0.2, -0.15) is 0 Å². The maximum Gasteiger partial charge on any atom is 0.128 e. The predicted molar refractivity (Wildman–Crippen MR) is 87.5 cm³/mol. The fraction of sp³-hybridized carbons (Fsp3) is 0.118. The molecule has 0 saturated carbocycles. The van der Waals surface area contributed by atoms with Gasteiger partial charge in [-0.05, 0) is 31.2 Å². The molecule has 0 radical (unpaired) electrons. The summed E-state index contributed by atoms with van der Waals surface area (Å²) in [6.45, 7) is 2.57. The Hall–Kier alpha value is -2.53. The van der Waals surface area contributed by atoms with Crippen LogP contribution in [0.25, 0.3) is 21.8 Å². The van der Waals surface area contributed by atoms with E-state index in [1.54, 1.807) is 6.07 Å². The first-order chi connectivity index (χ1) is 10.7. The van der Waals surface area contributed by atoms with Gasteiger partial charge < -0.3 is 14.9 Å². The van der Waals surface area contributed by atoms with Crippen LogP contribution in [0.4, 0.5) is 0 Å². The summed E-state index contributed by atoms with van der Waals surface area (Å²) in [4.78, 5) is 4.56. The monoisotopic (exact) mass is 313 g/mol. The van der Waals surface area contributed by atoms with Crippen molar-refractivity contribution in [3.05, 3.63) is 47.8 Å². The van der Waals surface area contributed by atoms with Crippen molar-refractivity contribution in [2.24, 2.45) is 0 Å². The summed E-state index contributed by atoms with van der Waals surface area (Å²) in [6, 6.07) is 12.3. The quantitative estimate of drug-likeness (QED) is 0.754. The van der Waals surface area contributed by atoms with Crippen molar-refractivity contribution >= 4 is 11.3 Å². The number of hydrogen-bond donors (Lipinski definition) is 2. The van der Waals surface area contributed by atoms with Gasteiger partial charge in [0.1, 0.15) is 22.3 Å². The maximum absolute atomic E-state index is 9.92. The van der Waals surface area contributed by atoms with E-state index < -0.39 is 0 Å². The average Bonchev–Trinajstić information content (AvgIpc) is 2.97. The molecular formula is C17H15NO3S. The van der Waals surface area contributed by atoms with Gasteiger partial charge in [0.2, 0.25) is 0 Å². The lowest BCUT2D eigenvalue weighted by Gasteiger charge is -2.04. The molecule has 0 atom stereocenters. The van der Waals surface area contributed by atoms with Crippen LogP contribution in [0, 0.1) is 0 Å². The Morgan fingerprint density at radius 2 is 2.00 bits per heavy atom. The highest BCUT2D eigenvalue weighted by Gasteiger charge is 2.11. The Labute approximate surface area is 132 Å². The first kappa shape index (κ1) is 14.4. The van der Waals surface area contributed by atoms with Crippen molar-refractivity contribution in [1.29, 1.82) is 0 Å². The molecule has 0 amide bonds. The zero-order chi connectivity index (χ0) is 15.5. The highest BCUT2D eigenvalue weighted by atomic mass is 32.1. The zero-order valence-corrected chi connectivity index (χ0v) is 12.8. The summed E-state index contributed by atoms with van der Waals surface area (Å²) >= 11 is 1.50. The van der Waals surface area contributed by atoms with E-state index in [9.17, 15) is 10.2 Å². The van der Waals surface area contributed by atoms with E-state index in [1.807, 2.05) is 36.6 Å². The van der Waals surface area contributed by atoms with Crippen LogP contribution in [0.2, 0.25) is 0 Å². The fourth-order valence-electron chi connectivity index (χ4n) is 2.15. The molecule has 4 nitrogen and oxygen atoms in total. The van der Waals surface area contributed by atoms with E-state index in [2.05, 4.69) is 4.98 Å². The van der Waals surface area contributed by atoms with Gasteiger partial charge >= 0.3 is 0 Å². The van der Waals surface area contributed by atoms with Crippen LogP contribution in [-0.2, 0) is 0 Å². The van der Waals surface area contributed by atoms with Gasteiger partial charge in [0, 0.05) is 22.6 Å². The molecule has 1 aromatic heterocycles. The molecule has 0 bridgehead atoms. The minimum Gasteiger partial charge on any atom is -0.508 e. The second-order valence-corrected chi connectivity index (χ2v) is 5.56. The number of phenols is 2. The normalized spacial score (nSPS) is 10.6. The third kappa shape index (κ3) is 2.89. The molecule has 2 aromatic carbocycles. The summed E-state index contributed by atoms with van der Waals surface area (Å²) in [5.74, 6) is 0.852. The number of nitrogens with zero attached hydrogens (tertiary/aromatic N) is 1. The highest BCUT2D eigenvalue weighted by Crippen LogP contribution is 2.35. The van der Waals surface area contributed by atoms with E-state index in [4.69, 9.17) is 4.74 Å². The summed E-state index contributed by atoms with van der Waals surface area (Å²) in [5, 5.41) is 22.0. The van der Waals surface area contributed by atoms with Crippen molar-refractivity contribution in [3.63, 3.8) is 0 Å². The minimum atomic E-state index is 0.0138. The molecule has 1 heterocycles. The molecule has 0 aliphatic carbocycles. The molecule has 0 unspecified atom stereocenters. The largest absolute Gasteiger partial charge is 0.508 e. The van der Waals surface area contributed by atoms with Crippen molar-refractivity contribution < 1.29 is 14.9 Å². The lowest BCUT2D eigenvalue weighted by molar-refractivity contribution is 0.340. The summed E-state index contributed by atoms with van der Waals surface area (Å²) < 4.78 is 5.50. The van der Waals surface area contributed by atoms with Crippen LogP contribution in [0.3, 0.4) is 0 Å². The van der Waals surface area contributed by atoms with Crippen molar-refractivity contribution in [3.8, 4) is 39.1 Å². The van der Waals surface area contributed by atoms with E-state index in [0.29, 0.717) is 17.9 Å². The summed E-state index contributed by atoms with van der Waals surface area (Å²) in [5.41, 5.74) is 2.25. The topological polar surface area (TPSA) is 62.6 Å². The van der Waals surface area contributed by atoms with Gasteiger partial charge in [-0.3, -0.25) is 0 Å². The van der Waals surface area contributed by atoms with Crippen LogP contribution in [0.15, 0.2) is 47.8 Å². The smallest absolute Gasteiger partial charge is 0.128 e. The van der Waals surface area contributed by atoms with E-state index in [0.717, 1.165) is 16.3 Å². The lowest BCUT2D eigenvalue weighted by atomic mass is 10.1. The molecule has 22 heavy (non-hydrogen) atoms. The van der Waals surface area contributed by atoms with Crippen molar-refractivity contribution in [2.75, 3.05) is 6.61 Å². The predicted octanol–water partition coefficient (Wildman–Crippen LogP) is 4.29. The molecular weight excluding hydrogens is 298 g/mol. The Balaban J connectivity index is 1.95. The number of phenolic OH excluding ortho intramolecular Hbond substituents is 2. The molecule has 112 valence electrons. The number of rotatable bonds is 4. The molecule has 0 saturated heterocycles. The zero-order valence-electron chi connectivity index (χ0n) is 12.0. The lowest BCUT2D eigenvalue weighted by Crippen LogP contribution is -1.91. The van der Waals surface area contributed by atoms with E-state index in [1.165, 1.54) is 23.5 Å². The highest BCUT2D eigenvalue weighted by molar-refractivity contribution is 7.13. The summed E-state index contributed by atoms with van der Waals surface area (Å²) in [7, 11) is 0. The first-order valence-corrected chi connectivity index (χ1v) is 7.76. The third-order valence-corrected chi connectivity index (χ3v) is 4.04. The SMILES string of the molecule is CCOc1cccc(-c2nc(-c3ccc(O)cc3O)cs2)c1. The van der Waals surface area contributed by atoms with Gasteiger partial charge in [-0.1, -0.05) is 12.1 Å². The number of ether oxygens (including phenoxy) is 1. The Bertz CT molecular complexity index is 798. The molecule has 0 aliphatic heterocycles. The molecule has 0 spiro atoms. The fourth-order valence-corrected chi connectivity index (χ4v) is 2.97. The van der Waals surface area contributed by atoms with E-state index in [-0.39, 0.29) is 11.5 Å².